The maximum atomic E-state index is 4.92. The maximum absolute atomic E-state index is 4.92. The Balaban J connectivity index is 2.95. The topological polar surface area (TPSA) is 24.7 Å². The number of allylic oxidation sites excluding steroid dienone is 6. The van der Waals surface area contributed by atoms with Crippen LogP contribution in [0.4, 0.5) is 0 Å². The van der Waals surface area contributed by atoms with E-state index in [1.807, 2.05) is 33.2 Å². The minimum absolute atomic E-state index is 0.390. The van der Waals surface area contributed by atoms with Crippen molar-refractivity contribution >= 4 is 29.5 Å². The van der Waals surface area contributed by atoms with Crippen molar-refractivity contribution in [2.45, 2.75) is 27.2 Å². The molecule has 0 fully saturated rings. The van der Waals surface area contributed by atoms with Crippen LogP contribution in [-0.2, 0) is 0 Å². The fourth-order valence-electron chi connectivity index (χ4n) is 1.86. The molecule has 96 valence electrons. The number of nitrogens with zero attached hydrogens (tertiary/aromatic N) is 2. The molecule has 0 amide bonds. The molecule has 18 heavy (non-hydrogen) atoms. The molecular formula is C15H20N2S. The first kappa shape index (κ1) is 14.7. The second-order valence-electron chi connectivity index (χ2n) is 4.35. The summed E-state index contributed by atoms with van der Waals surface area (Å²) < 4.78 is 0. The van der Waals surface area contributed by atoms with Crippen LogP contribution in [0.5, 0.6) is 0 Å². The first-order valence-corrected chi connectivity index (χ1v) is 6.56. The molecule has 0 aromatic rings. The van der Waals surface area contributed by atoms with Crippen LogP contribution in [0.15, 0.2) is 45.1 Å². The van der Waals surface area contributed by atoms with Crippen molar-refractivity contribution in [3.05, 3.63) is 35.1 Å². The molecule has 0 aromatic carbocycles. The zero-order valence-electron chi connectivity index (χ0n) is 11.5. The van der Waals surface area contributed by atoms with Gasteiger partial charge in [0.05, 0.1) is 5.70 Å². The molecule has 0 aromatic heterocycles. The summed E-state index contributed by atoms with van der Waals surface area (Å²) >= 11 is 4.92. The molecule has 1 aliphatic rings. The van der Waals surface area contributed by atoms with Gasteiger partial charge in [-0.05, 0) is 32.8 Å². The molecule has 1 rings (SSSR count). The Hall–Kier alpha value is -1.35. The zero-order chi connectivity index (χ0) is 13.5. The number of hydrogen-bond acceptors (Lipinski definition) is 3. The maximum Gasteiger partial charge on any atom is 0.0697 e. The van der Waals surface area contributed by atoms with E-state index in [1.165, 1.54) is 11.1 Å². The third-order valence-corrected chi connectivity index (χ3v) is 3.32. The van der Waals surface area contributed by atoms with Crippen molar-refractivity contribution in [3.8, 4) is 0 Å². The average Bonchev–Trinajstić information content (AvgIpc) is 2.38. The Morgan fingerprint density at radius 1 is 1.44 bits per heavy atom. The van der Waals surface area contributed by atoms with Crippen molar-refractivity contribution in [3.63, 3.8) is 0 Å². The second kappa shape index (κ2) is 7.17. The van der Waals surface area contributed by atoms with E-state index in [0.717, 1.165) is 17.8 Å². The van der Waals surface area contributed by atoms with Gasteiger partial charge in [-0.3, -0.25) is 4.99 Å². The van der Waals surface area contributed by atoms with Gasteiger partial charge in [0.2, 0.25) is 0 Å². The van der Waals surface area contributed by atoms with Crippen LogP contribution in [0.2, 0.25) is 0 Å². The van der Waals surface area contributed by atoms with E-state index >= 15 is 0 Å². The van der Waals surface area contributed by atoms with Gasteiger partial charge in [0.25, 0.3) is 0 Å². The van der Waals surface area contributed by atoms with Crippen LogP contribution in [0.1, 0.15) is 27.2 Å². The van der Waals surface area contributed by atoms with Crippen molar-refractivity contribution < 1.29 is 0 Å². The Bertz CT molecular complexity index is 465. The summed E-state index contributed by atoms with van der Waals surface area (Å²) in [6.45, 7) is 6.12. The molecule has 0 spiro atoms. The minimum atomic E-state index is 0.390. The van der Waals surface area contributed by atoms with Crippen molar-refractivity contribution in [2.75, 3.05) is 7.05 Å². The van der Waals surface area contributed by atoms with E-state index in [1.54, 1.807) is 5.37 Å². The highest BCUT2D eigenvalue weighted by molar-refractivity contribution is 7.79. The van der Waals surface area contributed by atoms with Crippen LogP contribution in [0.25, 0.3) is 0 Å². The van der Waals surface area contributed by atoms with Gasteiger partial charge >= 0.3 is 0 Å². The fourth-order valence-corrected chi connectivity index (χ4v) is 2.05. The van der Waals surface area contributed by atoms with Crippen LogP contribution in [0.3, 0.4) is 0 Å². The van der Waals surface area contributed by atoms with E-state index < -0.39 is 0 Å². The summed E-state index contributed by atoms with van der Waals surface area (Å²) in [5, 5.41) is 1.61. The number of aliphatic imine (C=N–C) groups is 2. The number of rotatable bonds is 4. The number of thiocarbonyl (C=S) groups is 1. The van der Waals surface area contributed by atoms with Crippen LogP contribution in [0, 0.1) is 5.92 Å². The highest BCUT2D eigenvalue weighted by Crippen LogP contribution is 2.24. The molecule has 3 heteroatoms. The van der Waals surface area contributed by atoms with Crippen LogP contribution >= 0.6 is 12.2 Å². The summed E-state index contributed by atoms with van der Waals surface area (Å²) in [6, 6.07) is 0. The van der Waals surface area contributed by atoms with E-state index in [-0.39, 0.29) is 0 Å². The predicted molar refractivity (Wildman–Crippen MR) is 84.9 cm³/mol. The smallest absolute Gasteiger partial charge is 0.0697 e. The molecule has 0 saturated carbocycles. The van der Waals surface area contributed by atoms with Crippen molar-refractivity contribution in [2.24, 2.45) is 15.9 Å². The summed E-state index contributed by atoms with van der Waals surface area (Å²) in [5.74, 6) is 0.390. The van der Waals surface area contributed by atoms with E-state index in [4.69, 9.17) is 12.2 Å². The standard InChI is InChI=1S/C15H20N2S/c1-5-15(10-18)17-12(3)13-7-6-11(2)14(8-13)9-16-4/h5-7,9-10,14H,8H2,1-4H3/b15-5-,16-9?,17-12?. The molecule has 2 nitrogen and oxygen atoms in total. The molecule has 0 bridgehead atoms. The molecule has 1 aliphatic carbocycles. The zero-order valence-corrected chi connectivity index (χ0v) is 12.3. The molecule has 0 aliphatic heterocycles. The monoisotopic (exact) mass is 260 g/mol. The van der Waals surface area contributed by atoms with Gasteiger partial charge < -0.3 is 4.99 Å². The van der Waals surface area contributed by atoms with Gasteiger partial charge in [-0.25, -0.2) is 0 Å². The first-order valence-electron chi connectivity index (χ1n) is 6.09. The van der Waals surface area contributed by atoms with Gasteiger partial charge in [0, 0.05) is 30.3 Å². The van der Waals surface area contributed by atoms with E-state index in [2.05, 4.69) is 29.1 Å². The normalized spacial score (nSPS) is 21.9. The van der Waals surface area contributed by atoms with Gasteiger partial charge in [0.1, 0.15) is 0 Å². The molecule has 0 N–H and O–H groups in total. The lowest BCUT2D eigenvalue weighted by molar-refractivity contribution is 0.805. The lowest BCUT2D eigenvalue weighted by Gasteiger charge is -2.19. The average molecular weight is 260 g/mol. The highest BCUT2D eigenvalue weighted by Gasteiger charge is 2.16. The quantitative estimate of drug-likeness (QED) is 0.427. The molecular weight excluding hydrogens is 240 g/mol. The van der Waals surface area contributed by atoms with E-state index in [9.17, 15) is 0 Å². The third-order valence-electron chi connectivity index (χ3n) is 3.08. The molecule has 0 radical (unpaired) electrons. The Labute approximate surface area is 115 Å². The largest absolute Gasteiger partial charge is 0.300 e. The van der Waals surface area contributed by atoms with Crippen molar-refractivity contribution in [1.29, 1.82) is 0 Å². The Kier molecular flexibility index (Phi) is 5.86. The fraction of sp³-hybridized carbons (Fsp3) is 0.400. The van der Waals surface area contributed by atoms with Crippen LogP contribution in [-0.4, -0.2) is 24.3 Å². The van der Waals surface area contributed by atoms with E-state index in [0.29, 0.717) is 5.92 Å². The Morgan fingerprint density at radius 2 is 2.17 bits per heavy atom. The first-order chi connectivity index (χ1) is 8.62. The summed E-state index contributed by atoms with van der Waals surface area (Å²) in [7, 11) is 1.82. The second-order valence-corrected chi connectivity index (χ2v) is 4.58. The van der Waals surface area contributed by atoms with Gasteiger partial charge in [-0.15, -0.1) is 0 Å². The SMILES string of the molecule is C/C=C(/C=S)N=C(C)C1=CC=C(C)C(C=NC)C1. The predicted octanol–water partition coefficient (Wildman–Crippen LogP) is 3.94. The minimum Gasteiger partial charge on any atom is -0.300 e. The van der Waals surface area contributed by atoms with Gasteiger partial charge in [0.15, 0.2) is 0 Å². The molecule has 0 saturated heterocycles. The number of hydrogen-bond donors (Lipinski definition) is 0. The molecule has 1 atom stereocenters. The van der Waals surface area contributed by atoms with Gasteiger partial charge in [-0.1, -0.05) is 36.0 Å². The summed E-state index contributed by atoms with van der Waals surface area (Å²) in [5.41, 5.74) is 4.47. The van der Waals surface area contributed by atoms with Gasteiger partial charge in [-0.2, -0.15) is 0 Å². The summed E-state index contributed by atoms with van der Waals surface area (Å²) in [4.78, 5) is 8.66. The highest BCUT2D eigenvalue weighted by atomic mass is 32.1. The van der Waals surface area contributed by atoms with Crippen LogP contribution < -0.4 is 0 Å². The third kappa shape index (κ3) is 3.84. The lowest BCUT2D eigenvalue weighted by atomic mass is 9.87. The Morgan fingerprint density at radius 3 is 2.72 bits per heavy atom. The molecule has 0 heterocycles. The summed E-state index contributed by atoms with van der Waals surface area (Å²) in [6.07, 6.45) is 9.18. The lowest BCUT2D eigenvalue weighted by Crippen LogP contribution is -2.13. The molecule has 1 unspecified atom stereocenters. The van der Waals surface area contributed by atoms with Crippen molar-refractivity contribution in [1.82, 2.24) is 0 Å².